The zero-order valence-corrected chi connectivity index (χ0v) is 15.7. The lowest BCUT2D eigenvalue weighted by Crippen LogP contribution is -2.40. The Balaban J connectivity index is 5.17. The summed E-state index contributed by atoms with van der Waals surface area (Å²) in [4.78, 5) is 0. The average molecular weight is 286 g/mol. The monoisotopic (exact) mass is 286 g/mol. The molecule has 0 aromatic carbocycles. The molecule has 116 valence electrons. The summed E-state index contributed by atoms with van der Waals surface area (Å²) in [6, 6.07) is 0. The largest absolute Gasteiger partial charge is 0.0998 e. The third-order valence-electron chi connectivity index (χ3n) is 4.80. The Morgan fingerprint density at radius 3 is 1.42 bits per heavy atom. The smallest absolute Gasteiger partial charge is 0.00486 e. The van der Waals surface area contributed by atoms with E-state index in [0.29, 0.717) is 5.16 Å². The van der Waals surface area contributed by atoms with Crippen molar-refractivity contribution in [2.45, 2.75) is 92.1 Å². The predicted molar refractivity (Wildman–Crippen MR) is 93.8 cm³/mol. The van der Waals surface area contributed by atoms with Crippen LogP contribution in [0.25, 0.3) is 0 Å². The van der Waals surface area contributed by atoms with Crippen molar-refractivity contribution in [3.63, 3.8) is 0 Å². The molecule has 0 aliphatic rings. The van der Waals surface area contributed by atoms with Crippen molar-refractivity contribution in [1.82, 2.24) is 0 Å². The van der Waals surface area contributed by atoms with E-state index in [1.54, 1.807) is 0 Å². The molecular formula is C18H39P. The van der Waals surface area contributed by atoms with Crippen molar-refractivity contribution in [3.05, 3.63) is 0 Å². The Morgan fingerprint density at radius 1 is 0.737 bits per heavy atom. The van der Waals surface area contributed by atoms with Gasteiger partial charge in [0, 0.05) is 0 Å². The molecule has 19 heavy (non-hydrogen) atoms. The molecule has 0 aromatic rings. The van der Waals surface area contributed by atoms with E-state index in [-0.39, 0.29) is 7.92 Å². The van der Waals surface area contributed by atoms with Crippen molar-refractivity contribution in [2.24, 2.45) is 11.8 Å². The molecule has 0 spiro atoms. The van der Waals surface area contributed by atoms with E-state index in [1.165, 1.54) is 50.8 Å². The van der Waals surface area contributed by atoms with Gasteiger partial charge in [-0.1, -0.05) is 75.7 Å². The summed E-state index contributed by atoms with van der Waals surface area (Å²) in [6.45, 7) is 17.0. The van der Waals surface area contributed by atoms with Crippen LogP contribution in [0.1, 0.15) is 87.0 Å². The minimum Gasteiger partial charge on any atom is -0.0998 e. The molecular weight excluding hydrogens is 247 g/mol. The molecule has 0 atom stereocenters. The molecule has 0 aliphatic heterocycles. The van der Waals surface area contributed by atoms with Gasteiger partial charge in [-0.2, -0.15) is 0 Å². The van der Waals surface area contributed by atoms with Crippen molar-refractivity contribution in [3.8, 4) is 0 Å². The Labute approximate surface area is 124 Å². The highest BCUT2D eigenvalue weighted by atomic mass is 31.1. The molecule has 0 unspecified atom stereocenters. The van der Waals surface area contributed by atoms with Crippen LogP contribution >= 0.6 is 7.92 Å². The van der Waals surface area contributed by atoms with Gasteiger partial charge in [0.15, 0.2) is 0 Å². The van der Waals surface area contributed by atoms with Crippen LogP contribution in [0, 0.1) is 11.8 Å². The van der Waals surface area contributed by atoms with Crippen LogP contribution in [-0.4, -0.2) is 17.5 Å². The van der Waals surface area contributed by atoms with Crippen molar-refractivity contribution >= 4 is 7.92 Å². The van der Waals surface area contributed by atoms with Gasteiger partial charge in [-0.3, -0.25) is 0 Å². The SMILES string of the molecule is CCCCP(CCCC)C(CCC)(C(C)C)C(C)C. The molecule has 0 saturated carbocycles. The minimum absolute atomic E-state index is 0.195. The molecule has 0 amide bonds. The third-order valence-corrected chi connectivity index (χ3v) is 8.95. The predicted octanol–water partition coefficient (Wildman–Crippen LogP) is 6.92. The van der Waals surface area contributed by atoms with Crippen LogP contribution in [0.2, 0.25) is 0 Å². The second-order valence-electron chi connectivity index (χ2n) is 6.74. The first-order valence-electron chi connectivity index (χ1n) is 8.72. The molecule has 0 saturated heterocycles. The van der Waals surface area contributed by atoms with Crippen LogP contribution < -0.4 is 0 Å². The van der Waals surface area contributed by atoms with E-state index in [2.05, 4.69) is 48.5 Å². The van der Waals surface area contributed by atoms with Crippen LogP contribution in [0.15, 0.2) is 0 Å². The molecule has 0 fully saturated rings. The zero-order valence-electron chi connectivity index (χ0n) is 14.8. The van der Waals surface area contributed by atoms with Crippen LogP contribution in [0.5, 0.6) is 0 Å². The van der Waals surface area contributed by atoms with Gasteiger partial charge in [0.2, 0.25) is 0 Å². The Kier molecular flexibility index (Phi) is 10.4. The standard InChI is InChI=1S/C18H39P/c1-8-11-14-19(15-12-9-2)18(13-10-3,16(4)5)17(6)7/h16-17H,8-15H2,1-7H3. The molecule has 0 bridgehead atoms. The Morgan fingerprint density at radius 2 is 1.16 bits per heavy atom. The Hall–Kier alpha value is 0.430. The summed E-state index contributed by atoms with van der Waals surface area (Å²) >= 11 is 0. The van der Waals surface area contributed by atoms with Crippen molar-refractivity contribution in [1.29, 1.82) is 0 Å². The van der Waals surface area contributed by atoms with E-state index in [4.69, 9.17) is 0 Å². The number of unbranched alkanes of at least 4 members (excludes halogenated alkanes) is 2. The van der Waals surface area contributed by atoms with E-state index >= 15 is 0 Å². The van der Waals surface area contributed by atoms with Gasteiger partial charge in [-0.25, -0.2) is 0 Å². The van der Waals surface area contributed by atoms with E-state index in [0.717, 1.165) is 11.8 Å². The lowest BCUT2D eigenvalue weighted by atomic mass is 9.81. The number of hydrogen-bond donors (Lipinski definition) is 0. The topological polar surface area (TPSA) is 0 Å². The fraction of sp³-hybridized carbons (Fsp3) is 1.00. The average Bonchev–Trinajstić information content (AvgIpc) is 2.36. The van der Waals surface area contributed by atoms with Gasteiger partial charge in [-0.05, 0) is 48.6 Å². The summed E-state index contributed by atoms with van der Waals surface area (Å²) in [5.41, 5.74) is 0. The van der Waals surface area contributed by atoms with Gasteiger partial charge >= 0.3 is 0 Å². The van der Waals surface area contributed by atoms with E-state index in [1.807, 2.05) is 0 Å². The zero-order chi connectivity index (χ0) is 14.9. The third kappa shape index (κ3) is 5.37. The fourth-order valence-corrected chi connectivity index (χ4v) is 8.21. The molecule has 0 nitrogen and oxygen atoms in total. The first-order chi connectivity index (χ1) is 8.97. The molecule has 0 aliphatic carbocycles. The maximum Gasteiger partial charge on any atom is -0.00486 e. The Bertz CT molecular complexity index is 192. The first-order valence-corrected chi connectivity index (χ1v) is 10.4. The summed E-state index contributed by atoms with van der Waals surface area (Å²) in [5.74, 6) is 1.68. The van der Waals surface area contributed by atoms with E-state index < -0.39 is 0 Å². The second-order valence-corrected chi connectivity index (χ2v) is 9.55. The fourth-order valence-electron chi connectivity index (χ4n) is 3.76. The van der Waals surface area contributed by atoms with Gasteiger partial charge in [0.25, 0.3) is 0 Å². The second kappa shape index (κ2) is 10.2. The maximum absolute atomic E-state index is 2.49. The van der Waals surface area contributed by atoms with Gasteiger partial charge in [-0.15, -0.1) is 0 Å². The van der Waals surface area contributed by atoms with Gasteiger partial charge in [0.1, 0.15) is 0 Å². The highest BCUT2D eigenvalue weighted by molar-refractivity contribution is 7.59. The lowest BCUT2D eigenvalue weighted by molar-refractivity contribution is 0.303. The summed E-state index contributed by atoms with van der Waals surface area (Å²) in [7, 11) is 0.195. The molecule has 0 N–H and O–H groups in total. The number of rotatable bonds is 11. The van der Waals surface area contributed by atoms with Crippen molar-refractivity contribution < 1.29 is 0 Å². The highest BCUT2D eigenvalue weighted by Crippen LogP contribution is 2.60. The number of hydrogen-bond acceptors (Lipinski definition) is 0. The molecule has 0 aromatic heterocycles. The quantitative estimate of drug-likeness (QED) is 0.362. The van der Waals surface area contributed by atoms with Crippen LogP contribution in [0.4, 0.5) is 0 Å². The molecule has 0 radical (unpaired) electrons. The maximum atomic E-state index is 2.49. The van der Waals surface area contributed by atoms with Gasteiger partial charge in [0.05, 0.1) is 0 Å². The molecule has 0 heterocycles. The highest BCUT2D eigenvalue weighted by Gasteiger charge is 2.42. The van der Waals surface area contributed by atoms with Crippen molar-refractivity contribution in [2.75, 3.05) is 12.3 Å². The normalized spacial score (nSPS) is 12.9. The van der Waals surface area contributed by atoms with Gasteiger partial charge < -0.3 is 0 Å². The first kappa shape index (κ1) is 19.4. The summed E-state index contributed by atoms with van der Waals surface area (Å²) in [5, 5.41) is 0.633. The summed E-state index contributed by atoms with van der Waals surface area (Å²) < 4.78 is 0. The minimum atomic E-state index is 0.195. The van der Waals surface area contributed by atoms with Crippen LogP contribution in [0.3, 0.4) is 0 Å². The van der Waals surface area contributed by atoms with Crippen LogP contribution in [-0.2, 0) is 0 Å². The molecule has 0 rings (SSSR count). The lowest BCUT2D eigenvalue weighted by Gasteiger charge is -2.49. The summed E-state index contributed by atoms with van der Waals surface area (Å²) in [6.07, 6.45) is 11.5. The van der Waals surface area contributed by atoms with E-state index in [9.17, 15) is 0 Å². The molecule has 1 heteroatoms.